The molecule has 0 aliphatic carbocycles. The Hall–Kier alpha value is -1.02. The molecule has 0 saturated carbocycles. The minimum absolute atomic E-state index is 0.0584. The van der Waals surface area contributed by atoms with Crippen LogP contribution in [0.3, 0.4) is 0 Å². The first-order valence-corrected chi connectivity index (χ1v) is 7.69. The Bertz CT molecular complexity index is 471. The SMILES string of the molecule is CC(CNCc1cccc2c1OC(C)(C)C2)C(C)(C)C. The zero-order chi connectivity index (χ0) is 15.0. The Morgan fingerprint density at radius 2 is 2.00 bits per heavy atom. The summed E-state index contributed by atoms with van der Waals surface area (Å²) in [4.78, 5) is 0. The highest BCUT2D eigenvalue weighted by atomic mass is 16.5. The first-order valence-electron chi connectivity index (χ1n) is 7.69. The molecule has 1 heterocycles. The van der Waals surface area contributed by atoms with Gasteiger partial charge in [0.2, 0.25) is 0 Å². The molecule has 0 saturated heterocycles. The topological polar surface area (TPSA) is 21.3 Å². The lowest BCUT2D eigenvalue weighted by atomic mass is 9.82. The van der Waals surface area contributed by atoms with Gasteiger partial charge < -0.3 is 10.1 Å². The van der Waals surface area contributed by atoms with Gasteiger partial charge in [0.15, 0.2) is 0 Å². The molecule has 1 aliphatic rings. The fourth-order valence-electron chi connectivity index (χ4n) is 2.55. The van der Waals surface area contributed by atoms with Gasteiger partial charge in [0.25, 0.3) is 0 Å². The minimum atomic E-state index is -0.0584. The van der Waals surface area contributed by atoms with Crippen molar-refractivity contribution in [2.75, 3.05) is 6.54 Å². The van der Waals surface area contributed by atoms with E-state index in [4.69, 9.17) is 4.74 Å². The molecule has 2 rings (SSSR count). The zero-order valence-electron chi connectivity index (χ0n) is 13.8. The van der Waals surface area contributed by atoms with Crippen LogP contribution in [0.25, 0.3) is 0 Å². The normalized spacial score (nSPS) is 18.5. The van der Waals surface area contributed by atoms with Crippen LogP contribution in [0.5, 0.6) is 5.75 Å². The summed E-state index contributed by atoms with van der Waals surface area (Å²) in [6.07, 6.45) is 1.01. The van der Waals surface area contributed by atoms with Crippen molar-refractivity contribution in [1.82, 2.24) is 5.32 Å². The van der Waals surface area contributed by atoms with Gasteiger partial charge in [-0.05, 0) is 37.3 Å². The molecule has 20 heavy (non-hydrogen) atoms. The lowest BCUT2D eigenvalue weighted by Crippen LogP contribution is -2.29. The number of rotatable bonds is 4. The predicted molar refractivity (Wildman–Crippen MR) is 85.2 cm³/mol. The number of para-hydroxylation sites is 1. The molecule has 112 valence electrons. The summed E-state index contributed by atoms with van der Waals surface area (Å²) in [7, 11) is 0. The lowest BCUT2D eigenvalue weighted by Gasteiger charge is -2.27. The van der Waals surface area contributed by atoms with E-state index in [1.807, 2.05) is 0 Å². The summed E-state index contributed by atoms with van der Waals surface area (Å²) < 4.78 is 6.11. The fourth-order valence-corrected chi connectivity index (χ4v) is 2.55. The second kappa shape index (κ2) is 5.40. The van der Waals surface area contributed by atoms with Gasteiger partial charge >= 0.3 is 0 Å². The van der Waals surface area contributed by atoms with Crippen LogP contribution in [-0.2, 0) is 13.0 Å². The molecule has 0 fully saturated rings. The summed E-state index contributed by atoms with van der Waals surface area (Å²) in [5.41, 5.74) is 2.92. The Labute approximate surface area is 123 Å². The number of ether oxygens (including phenoxy) is 1. The molecule has 1 aromatic carbocycles. The Balaban J connectivity index is 1.98. The van der Waals surface area contributed by atoms with Crippen LogP contribution >= 0.6 is 0 Å². The van der Waals surface area contributed by atoms with Crippen molar-refractivity contribution in [1.29, 1.82) is 0 Å². The van der Waals surface area contributed by atoms with Crippen LogP contribution in [0.2, 0.25) is 0 Å². The van der Waals surface area contributed by atoms with Crippen LogP contribution < -0.4 is 10.1 Å². The van der Waals surface area contributed by atoms with Crippen LogP contribution in [0.15, 0.2) is 18.2 Å². The van der Waals surface area contributed by atoms with E-state index < -0.39 is 0 Å². The van der Waals surface area contributed by atoms with Crippen molar-refractivity contribution in [2.24, 2.45) is 11.3 Å². The summed E-state index contributed by atoms with van der Waals surface area (Å²) in [6, 6.07) is 6.51. The quantitative estimate of drug-likeness (QED) is 0.890. The molecule has 0 bridgehead atoms. The van der Waals surface area contributed by atoms with Crippen molar-refractivity contribution >= 4 is 0 Å². The van der Waals surface area contributed by atoms with E-state index in [1.165, 1.54) is 11.1 Å². The largest absolute Gasteiger partial charge is 0.487 e. The molecular formula is C18H29NO. The Kier molecular flexibility index (Phi) is 4.15. The molecule has 0 spiro atoms. The third kappa shape index (κ3) is 3.54. The maximum absolute atomic E-state index is 6.11. The summed E-state index contributed by atoms with van der Waals surface area (Å²) >= 11 is 0. The van der Waals surface area contributed by atoms with Crippen LogP contribution in [0.4, 0.5) is 0 Å². The molecule has 1 N–H and O–H groups in total. The lowest BCUT2D eigenvalue weighted by molar-refractivity contribution is 0.137. The molecule has 2 nitrogen and oxygen atoms in total. The van der Waals surface area contributed by atoms with Crippen LogP contribution in [-0.4, -0.2) is 12.1 Å². The van der Waals surface area contributed by atoms with E-state index in [2.05, 4.69) is 65.1 Å². The molecular weight excluding hydrogens is 246 g/mol. The average Bonchev–Trinajstić information content (AvgIpc) is 2.62. The third-order valence-corrected chi connectivity index (χ3v) is 4.42. The van der Waals surface area contributed by atoms with Gasteiger partial charge in [-0.2, -0.15) is 0 Å². The average molecular weight is 275 g/mol. The van der Waals surface area contributed by atoms with E-state index in [1.54, 1.807) is 0 Å². The number of nitrogens with one attached hydrogen (secondary N) is 1. The maximum Gasteiger partial charge on any atom is 0.127 e. The van der Waals surface area contributed by atoms with E-state index in [0.29, 0.717) is 11.3 Å². The molecule has 1 unspecified atom stereocenters. The van der Waals surface area contributed by atoms with Gasteiger partial charge in [0.05, 0.1) is 0 Å². The first kappa shape index (κ1) is 15.4. The molecule has 0 radical (unpaired) electrons. The van der Waals surface area contributed by atoms with Crippen LogP contribution in [0.1, 0.15) is 52.7 Å². The molecule has 1 aromatic rings. The van der Waals surface area contributed by atoms with E-state index in [-0.39, 0.29) is 5.60 Å². The second-order valence-corrected chi connectivity index (χ2v) is 7.84. The number of hydrogen-bond donors (Lipinski definition) is 1. The maximum atomic E-state index is 6.11. The van der Waals surface area contributed by atoms with Crippen molar-refractivity contribution < 1.29 is 4.74 Å². The third-order valence-electron chi connectivity index (χ3n) is 4.42. The van der Waals surface area contributed by atoms with Gasteiger partial charge in [0, 0.05) is 18.5 Å². The standard InChI is InChI=1S/C18H29NO/c1-13(17(2,3)4)11-19-12-15-9-7-8-14-10-18(5,6)20-16(14)15/h7-9,13,19H,10-12H2,1-6H3. The van der Waals surface area contributed by atoms with Gasteiger partial charge in [-0.15, -0.1) is 0 Å². The summed E-state index contributed by atoms with van der Waals surface area (Å²) in [5.74, 6) is 1.75. The Morgan fingerprint density at radius 3 is 2.65 bits per heavy atom. The molecule has 1 atom stereocenters. The molecule has 0 aromatic heterocycles. The zero-order valence-corrected chi connectivity index (χ0v) is 13.8. The molecule has 0 amide bonds. The highest BCUT2D eigenvalue weighted by molar-refractivity contribution is 5.45. The van der Waals surface area contributed by atoms with Gasteiger partial charge in [-0.3, -0.25) is 0 Å². The van der Waals surface area contributed by atoms with Gasteiger partial charge in [-0.1, -0.05) is 45.9 Å². The van der Waals surface area contributed by atoms with Gasteiger partial charge in [-0.25, -0.2) is 0 Å². The highest BCUT2D eigenvalue weighted by Crippen LogP contribution is 2.37. The minimum Gasteiger partial charge on any atom is -0.487 e. The Morgan fingerprint density at radius 1 is 1.30 bits per heavy atom. The first-order chi connectivity index (χ1) is 9.19. The number of fused-ring (bicyclic) bond motifs is 1. The van der Waals surface area contributed by atoms with E-state index in [0.717, 1.165) is 25.3 Å². The predicted octanol–water partition coefficient (Wildman–Crippen LogP) is 4.17. The van der Waals surface area contributed by atoms with E-state index >= 15 is 0 Å². The molecule has 1 aliphatic heterocycles. The number of hydrogen-bond acceptors (Lipinski definition) is 2. The summed E-state index contributed by atoms with van der Waals surface area (Å²) in [6.45, 7) is 15.4. The van der Waals surface area contributed by atoms with E-state index in [9.17, 15) is 0 Å². The monoisotopic (exact) mass is 275 g/mol. The highest BCUT2D eigenvalue weighted by Gasteiger charge is 2.31. The molecule has 2 heteroatoms. The van der Waals surface area contributed by atoms with Gasteiger partial charge in [0.1, 0.15) is 11.4 Å². The number of benzene rings is 1. The fraction of sp³-hybridized carbons (Fsp3) is 0.667. The van der Waals surface area contributed by atoms with Crippen molar-refractivity contribution in [3.8, 4) is 5.75 Å². The van der Waals surface area contributed by atoms with Crippen molar-refractivity contribution in [3.05, 3.63) is 29.3 Å². The second-order valence-electron chi connectivity index (χ2n) is 7.84. The van der Waals surface area contributed by atoms with Crippen molar-refractivity contribution in [3.63, 3.8) is 0 Å². The van der Waals surface area contributed by atoms with Crippen molar-refractivity contribution in [2.45, 2.75) is 60.1 Å². The van der Waals surface area contributed by atoms with Crippen LogP contribution in [0, 0.1) is 11.3 Å². The smallest absolute Gasteiger partial charge is 0.127 e. The summed E-state index contributed by atoms with van der Waals surface area (Å²) in [5, 5.41) is 3.59.